The predicted octanol–water partition coefficient (Wildman–Crippen LogP) is 0.793. The Morgan fingerprint density at radius 1 is 1.50 bits per heavy atom. The zero-order valence-electron chi connectivity index (χ0n) is 7.14. The number of ether oxygens (including phenoxy) is 1. The molecule has 0 heterocycles. The molecular weight excluding hydrogens is 168 g/mol. The summed E-state index contributed by atoms with van der Waals surface area (Å²) in [4.78, 5) is 10.8. The molecule has 0 aliphatic rings. The minimum absolute atomic E-state index is 0.0981. The van der Waals surface area contributed by atoms with Crippen molar-refractivity contribution in [3.63, 3.8) is 0 Å². The lowest BCUT2D eigenvalue weighted by Crippen LogP contribution is -2.35. The summed E-state index contributed by atoms with van der Waals surface area (Å²) in [6.07, 6.45) is -2.56. The van der Waals surface area contributed by atoms with Crippen LogP contribution in [-0.2, 0) is 9.53 Å². The lowest BCUT2D eigenvalue weighted by molar-refractivity contribution is -0.143. The van der Waals surface area contributed by atoms with Crippen LogP contribution in [0.15, 0.2) is 0 Å². The third-order valence-corrected chi connectivity index (χ3v) is 1.51. The first-order chi connectivity index (χ1) is 5.61. The lowest BCUT2D eigenvalue weighted by atomic mass is 10.1. The summed E-state index contributed by atoms with van der Waals surface area (Å²) in [6, 6.07) is -0.621. The molecule has 0 rings (SSSR count). The first-order valence-electron chi connectivity index (χ1n) is 3.65. The summed E-state index contributed by atoms with van der Waals surface area (Å²) in [5, 5.41) is 2.60. The minimum atomic E-state index is -2.37. The van der Waals surface area contributed by atoms with E-state index in [0.717, 1.165) is 0 Å². The van der Waals surface area contributed by atoms with Gasteiger partial charge in [0.05, 0.1) is 7.11 Å². The fraction of sp³-hybridized carbons (Fsp3) is 0.857. The van der Waals surface area contributed by atoms with Crippen LogP contribution in [0.4, 0.5) is 8.78 Å². The molecule has 0 bridgehead atoms. The SMILES string of the molecule is CN[C@H](CCC(F)F)C(=O)OC. The number of hydrogen-bond acceptors (Lipinski definition) is 3. The van der Waals surface area contributed by atoms with Gasteiger partial charge >= 0.3 is 5.97 Å². The van der Waals surface area contributed by atoms with Gasteiger partial charge in [0.2, 0.25) is 6.43 Å². The standard InChI is InChI=1S/C7H13F2NO2/c1-10-5(7(11)12-2)3-4-6(8)9/h5-6,10H,3-4H2,1-2H3/t5-/m1/s1. The van der Waals surface area contributed by atoms with E-state index in [9.17, 15) is 13.6 Å². The highest BCUT2D eigenvalue weighted by Gasteiger charge is 2.18. The average molecular weight is 181 g/mol. The molecule has 1 N–H and O–H groups in total. The second-order valence-corrected chi connectivity index (χ2v) is 2.33. The smallest absolute Gasteiger partial charge is 0.322 e. The fourth-order valence-corrected chi connectivity index (χ4v) is 0.815. The Kier molecular flexibility index (Phi) is 5.53. The van der Waals surface area contributed by atoms with E-state index in [1.165, 1.54) is 14.2 Å². The Labute approximate surface area is 70.1 Å². The van der Waals surface area contributed by atoms with Gasteiger partial charge in [0.1, 0.15) is 6.04 Å². The van der Waals surface area contributed by atoms with Gasteiger partial charge in [0.25, 0.3) is 0 Å². The molecule has 0 fully saturated rings. The molecule has 5 heteroatoms. The monoisotopic (exact) mass is 181 g/mol. The molecule has 0 radical (unpaired) electrons. The van der Waals surface area contributed by atoms with Crippen molar-refractivity contribution >= 4 is 5.97 Å². The second kappa shape index (κ2) is 5.88. The highest BCUT2D eigenvalue weighted by molar-refractivity contribution is 5.75. The van der Waals surface area contributed by atoms with E-state index < -0.39 is 18.4 Å². The van der Waals surface area contributed by atoms with Crippen molar-refractivity contribution in [2.45, 2.75) is 25.3 Å². The Bertz CT molecular complexity index is 141. The number of methoxy groups -OCH3 is 1. The number of hydrogen-bond donors (Lipinski definition) is 1. The largest absolute Gasteiger partial charge is 0.468 e. The van der Waals surface area contributed by atoms with Crippen molar-refractivity contribution in [2.24, 2.45) is 0 Å². The highest BCUT2D eigenvalue weighted by atomic mass is 19.3. The number of halogens is 2. The number of carbonyl (C=O) groups excluding carboxylic acids is 1. The molecule has 0 saturated carbocycles. The number of alkyl halides is 2. The van der Waals surface area contributed by atoms with E-state index in [-0.39, 0.29) is 12.8 Å². The molecule has 0 aliphatic heterocycles. The Morgan fingerprint density at radius 3 is 2.42 bits per heavy atom. The van der Waals surface area contributed by atoms with E-state index in [4.69, 9.17) is 0 Å². The number of carbonyl (C=O) groups is 1. The van der Waals surface area contributed by atoms with E-state index in [1.54, 1.807) is 0 Å². The molecule has 0 aliphatic carbocycles. The van der Waals surface area contributed by atoms with Crippen LogP contribution in [0, 0.1) is 0 Å². The Morgan fingerprint density at radius 2 is 2.08 bits per heavy atom. The molecular formula is C7H13F2NO2. The first-order valence-corrected chi connectivity index (χ1v) is 3.65. The van der Waals surface area contributed by atoms with Gasteiger partial charge < -0.3 is 10.1 Å². The maximum Gasteiger partial charge on any atom is 0.322 e. The van der Waals surface area contributed by atoms with Gasteiger partial charge in [-0.2, -0.15) is 0 Å². The molecule has 72 valence electrons. The van der Waals surface area contributed by atoms with Crippen molar-refractivity contribution in [1.29, 1.82) is 0 Å². The molecule has 0 aromatic carbocycles. The quantitative estimate of drug-likeness (QED) is 0.637. The maximum absolute atomic E-state index is 11.7. The van der Waals surface area contributed by atoms with Crippen molar-refractivity contribution in [3.8, 4) is 0 Å². The number of esters is 1. The summed E-state index contributed by atoms with van der Waals surface area (Å²) in [5.74, 6) is -0.502. The molecule has 0 aromatic rings. The van der Waals surface area contributed by atoms with Crippen LogP contribution < -0.4 is 5.32 Å². The van der Waals surface area contributed by atoms with Gasteiger partial charge in [-0.3, -0.25) is 4.79 Å². The first kappa shape index (κ1) is 11.3. The van der Waals surface area contributed by atoms with Crippen LogP contribution in [0.25, 0.3) is 0 Å². The normalized spacial score (nSPS) is 13.1. The van der Waals surface area contributed by atoms with Crippen molar-refractivity contribution in [2.75, 3.05) is 14.2 Å². The summed E-state index contributed by atoms with van der Waals surface area (Å²) < 4.78 is 27.8. The number of likely N-dealkylation sites (N-methyl/N-ethyl adjacent to an activating group) is 1. The number of nitrogens with one attached hydrogen (secondary N) is 1. The summed E-state index contributed by atoms with van der Waals surface area (Å²) >= 11 is 0. The van der Waals surface area contributed by atoms with Crippen LogP contribution >= 0.6 is 0 Å². The number of rotatable bonds is 5. The summed E-state index contributed by atoms with van der Waals surface area (Å²) in [5.41, 5.74) is 0. The molecule has 3 nitrogen and oxygen atoms in total. The van der Waals surface area contributed by atoms with Gasteiger partial charge in [-0.05, 0) is 13.5 Å². The van der Waals surface area contributed by atoms with Gasteiger partial charge in [0.15, 0.2) is 0 Å². The fourth-order valence-electron chi connectivity index (χ4n) is 0.815. The topological polar surface area (TPSA) is 38.3 Å². The molecule has 0 amide bonds. The zero-order valence-corrected chi connectivity index (χ0v) is 7.14. The van der Waals surface area contributed by atoms with Crippen LogP contribution in [-0.4, -0.2) is 32.6 Å². The van der Waals surface area contributed by atoms with Gasteiger partial charge in [-0.15, -0.1) is 0 Å². The van der Waals surface area contributed by atoms with E-state index in [0.29, 0.717) is 0 Å². The van der Waals surface area contributed by atoms with Crippen LogP contribution in [0.5, 0.6) is 0 Å². The van der Waals surface area contributed by atoms with E-state index in [2.05, 4.69) is 10.1 Å². The molecule has 0 aromatic heterocycles. The van der Waals surface area contributed by atoms with Crippen LogP contribution in [0.1, 0.15) is 12.8 Å². The molecule has 0 unspecified atom stereocenters. The summed E-state index contributed by atoms with van der Waals surface area (Å²) in [7, 11) is 2.77. The average Bonchev–Trinajstić information content (AvgIpc) is 2.04. The maximum atomic E-state index is 11.7. The van der Waals surface area contributed by atoms with E-state index in [1.807, 2.05) is 0 Å². The third kappa shape index (κ3) is 4.23. The molecule has 12 heavy (non-hydrogen) atoms. The van der Waals surface area contributed by atoms with Gasteiger partial charge in [-0.1, -0.05) is 0 Å². The van der Waals surface area contributed by atoms with Crippen LogP contribution in [0.2, 0.25) is 0 Å². The van der Waals surface area contributed by atoms with Gasteiger partial charge in [0, 0.05) is 6.42 Å². The molecule has 0 saturated heterocycles. The van der Waals surface area contributed by atoms with E-state index >= 15 is 0 Å². The third-order valence-electron chi connectivity index (χ3n) is 1.51. The Hall–Kier alpha value is -0.710. The van der Waals surface area contributed by atoms with Crippen LogP contribution in [0.3, 0.4) is 0 Å². The molecule has 0 spiro atoms. The zero-order chi connectivity index (χ0) is 9.56. The highest BCUT2D eigenvalue weighted by Crippen LogP contribution is 2.06. The van der Waals surface area contributed by atoms with Crippen molar-refractivity contribution in [3.05, 3.63) is 0 Å². The predicted molar refractivity (Wildman–Crippen MR) is 40.1 cm³/mol. The summed E-state index contributed by atoms with van der Waals surface area (Å²) in [6.45, 7) is 0. The second-order valence-electron chi connectivity index (χ2n) is 2.33. The van der Waals surface area contributed by atoms with Crippen molar-refractivity contribution in [1.82, 2.24) is 5.32 Å². The Balaban J connectivity index is 3.75. The molecule has 1 atom stereocenters. The van der Waals surface area contributed by atoms with Crippen molar-refractivity contribution < 1.29 is 18.3 Å². The minimum Gasteiger partial charge on any atom is -0.468 e. The lowest BCUT2D eigenvalue weighted by Gasteiger charge is -2.12. The van der Waals surface area contributed by atoms with Gasteiger partial charge in [-0.25, -0.2) is 8.78 Å².